The van der Waals surface area contributed by atoms with Gasteiger partial charge in [0.2, 0.25) is 0 Å². The lowest BCUT2D eigenvalue weighted by molar-refractivity contribution is 0.101. The molecular weight excluding hydrogens is 218 g/mol. The summed E-state index contributed by atoms with van der Waals surface area (Å²) in [5, 5.41) is 15.0. The highest BCUT2D eigenvalue weighted by atomic mass is 16.5. The molecule has 0 aliphatic carbocycles. The first-order chi connectivity index (χ1) is 8.19. The van der Waals surface area contributed by atoms with Crippen molar-refractivity contribution in [3.63, 3.8) is 0 Å². The third kappa shape index (κ3) is 2.49. The van der Waals surface area contributed by atoms with Gasteiger partial charge in [-0.15, -0.1) is 0 Å². The molecule has 0 aliphatic heterocycles. The van der Waals surface area contributed by atoms with Crippen molar-refractivity contribution >= 4 is 11.6 Å². The third-order valence-corrected chi connectivity index (χ3v) is 2.11. The van der Waals surface area contributed by atoms with Gasteiger partial charge < -0.3 is 9.84 Å². The number of aryl methyl sites for hydroxylation is 1. The van der Waals surface area contributed by atoms with E-state index in [2.05, 4.69) is 10.5 Å². The summed E-state index contributed by atoms with van der Waals surface area (Å²) in [6.07, 6.45) is 0. The first-order valence-electron chi connectivity index (χ1n) is 4.94. The molecule has 1 amide bonds. The molecule has 17 heavy (non-hydrogen) atoms. The van der Waals surface area contributed by atoms with Crippen LogP contribution in [0.5, 0.6) is 0 Å². The average Bonchev–Trinajstić information content (AvgIpc) is 2.76. The van der Waals surface area contributed by atoms with Crippen LogP contribution >= 0.6 is 0 Å². The Bertz CT molecular complexity index is 596. The average molecular weight is 227 g/mol. The second-order valence-electron chi connectivity index (χ2n) is 3.47. The fourth-order valence-corrected chi connectivity index (χ4v) is 1.34. The molecule has 0 aliphatic rings. The second kappa shape index (κ2) is 4.49. The summed E-state index contributed by atoms with van der Waals surface area (Å²) in [4.78, 5) is 11.7. The smallest absolute Gasteiger partial charge is 0.277 e. The molecule has 1 aromatic heterocycles. The Kier molecular flexibility index (Phi) is 2.88. The quantitative estimate of drug-likeness (QED) is 0.852. The largest absolute Gasteiger partial charge is 0.361 e. The topological polar surface area (TPSA) is 78.9 Å². The van der Waals surface area contributed by atoms with Crippen molar-refractivity contribution in [2.45, 2.75) is 6.92 Å². The van der Waals surface area contributed by atoms with Gasteiger partial charge in [-0.05, 0) is 25.1 Å². The zero-order valence-corrected chi connectivity index (χ0v) is 9.10. The van der Waals surface area contributed by atoms with Crippen molar-refractivity contribution < 1.29 is 9.32 Å². The van der Waals surface area contributed by atoms with Gasteiger partial charge in [-0.25, -0.2) is 0 Å². The van der Waals surface area contributed by atoms with E-state index in [-0.39, 0.29) is 11.6 Å². The molecule has 0 unspecified atom stereocenters. The maximum Gasteiger partial charge on any atom is 0.277 e. The van der Waals surface area contributed by atoms with Gasteiger partial charge >= 0.3 is 0 Å². The molecule has 1 N–H and O–H groups in total. The van der Waals surface area contributed by atoms with E-state index in [9.17, 15) is 4.79 Å². The lowest BCUT2D eigenvalue weighted by atomic mass is 10.2. The standard InChI is InChI=1S/C12H9N3O2/c1-8-5-11(15-17-8)12(16)14-10-4-2-3-9(6-10)7-13/h2-6H,1H3,(H,14,16). The molecule has 5 nitrogen and oxygen atoms in total. The molecule has 0 radical (unpaired) electrons. The number of aromatic nitrogens is 1. The molecule has 2 aromatic rings. The highest BCUT2D eigenvalue weighted by Crippen LogP contribution is 2.11. The minimum absolute atomic E-state index is 0.213. The number of hydrogen-bond acceptors (Lipinski definition) is 4. The van der Waals surface area contributed by atoms with Gasteiger partial charge in [-0.1, -0.05) is 11.2 Å². The number of benzene rings is 1. The van der Waals surface area contributed by atoms with Gasteiger partial charge in [0.25, 0.3) is 5.91 Å². The van der Waals surface area contributed by atoms with Crippen LogP contribution in [0.4, 0.5) is 5.69 Å². The van der Waals surface area contributed by atoms with Crippen molar-refractivity contribution in [2.75, 3.05) is 5.32 Å². The number of carbonyl (C=O) groups is 1. The molecule has 0 spiro atoms. The van der Waals surface area contributed by atoms with Crippen LogP contribution in [-0.4, -0.2) is 11.1 Å². The van der Waals surface area contributed by atoms with Crippen LogP contribution in [0.1, 0.15) is 21.8 Å². The molecule has 5 heteroatoms. The molecule has 1 heterocycles. The molecular formula is C12H9N3O2. The van der Waals surface area contributed by atoms with Gasteiger partial charge in [0.05, 0.1) is 11.6 Å². The maximum absolute atomic E-state index is 11.7. The number of nitrogens with one attached hydrogen (secondary N) is 1. The summed E-state index contributed by atoms with van der Waals surface area (Å²) in [5.41, 5.74) is 1.25. The SMILES string of the molecule is Cc1cc(C(=O)Nc2cccc(C#N)c2)no1. The molecule has 1 aromatic carbocycles. The summed E-state index contributed by atoms with van der Waals surface area (Å²) in [6, 6.07) is 10.2. The van der Waals surface area contributed by atoms with E-state index in [1.807, 2.05) is 6.07 Å². The number of nitriles is 1. The number of anilines is 1. The third-order valence-electron chi connectivity index (χ3n) is 2.11. The van der Waals surface area contributed by atoms with Gasteiger partial charge in [-0.3, -0.25) is 4.79 Å². The van der Waals surface area contributed by atoms with Crippen molar-refractivity contribution in [3.05, 3.63) is 47.3 Å². The first kappa shape index (κ1) is 10.9. The Labute approximate surface area is 97.7 Å². The van der Waals surface area contributed by atoms with E-state index in [4.69, 9.17) is 9.78 Å². The normalized spacial score (nSPS) is 9.65. The van der Waals surface area contributed by atoms with Crippen LogP contribution in [0, 0.1) is 18.3 Å². The summed E-state index contributed by atoms with van der Waals surface area (Å²) in [7, 11) is 0. The van der Waals surface area contributed by atoms with Gasteiger partial charge in [0.15, 0.2) is 5.69 Å². The number of rotatable bonds is 2. The summed E-state index contributed by atoms with van der Waals surface area (Å²) in [6.45, 7) is 1.71. The zero-order chi connectivity index (χ0) is 12.3. The summed E-state index contributed by atoms with van der Waals surface area (Å²) >= 11 is 0. The predicted octanol–water partition coefficient (Wildman–Crippen LogP) is 2.11. The van der Waals surface area contributed by atoms with Crippen molar-refractivity contribution in [3.8, 4) is 6.07 Å². The van der Waals surface area contributed by atoms with Crippen LogP contribution in [0.15, 0.2) is 34.9 Å². The van der Waals surface area contributed by atoms with Gasteiger partial charge in [0.1, 0.15) is 5.76 Å². The van der Waals surface area contributed by atoms with Crippen molar-refractivity contribution in [1.82, 2.24) is 5.16 Å². The lowest BCUT2D eigenvalue weighted by Crippen LogP contribution is -2.12. The Balaban J connectivity index is 2.16. The highest BCUT2D eigenvalue weighted by molar-refractivity contribution is 6.02. The van der Waals surface area contributed by atoms with Crippen LogP contribution in [0.3, 0.4) is 0 Å². The van der Waals surface area contributed by atoms with Crippen LogP contribution in [0.2, 0.25) is 0 Å². The van der Waals surface area contributed by atoms with E-state index in [1.54, 1.807) is 37.3 Å². The fourth-order valence-electron chi connectivity index (χ4n) is 1.34. The Morgan fingerprint density at radius 1 is 1.47 bits per heavy atom. The zero-order valence-electron chi connectivity index (χ0n) is 9.10. The van der Waals surface area contributed by atoms with Crippen LogP contribution in [0.25, 0.3) is 0 Å². The number of hydrogen-bond donors (Lipinski definition) is 1. The predicted molar refractivity (Wildman–Crippen MR) is 60.4 cm³/mol. The molecule has 84 valence electrons. The highest BCUT2D eigenvalue weighted by Gasteiger charge is 2.10. The molecule has 0 saturated carbocycles. The lowest BCUT2D eigenvalue weighted by Gasteiger charge is -2.02. The number of amides is 1. The molecule has 0 fully saturated rings. The van der Waals surface area contributed by atoms with Crippen LogP contribution in [-0.2, 0) is 0 Å². The minimum atomic E-state index is -0.364. The van der Waals surface area contributed by atoms with E-state index < -0.39 is 0 Å². The Morgan fingerprint density at radius 2 is 2.29 bits per heavy atom. The first-order valence-corrected chi connectivity index (χ1v) is 4.94. The van der Waals surface area contributed by atoms with Gasteiger partial charge in [0, 0.05) is 11.8 Å². The van der Waals surface area contributed by atoms with E-state index in [1.165, 1.54) is 0 Å². The fraction of sp³-hybridized carbons (Fsp3) is 0.0833. The Hall–Kier alpha value is -2.61. The second-order valence-corrected chi connectivity index (χ2v) is 3.47. The Morgan fingerprint density at radius 3 is 2.94 bits per heavy atom. The van der Waals surface area contributed by atoms with E-state index in [0.717, 1.165) is 0 Å². The molecule has 0 saturated heterocycles. The number of nitrogens with zero attached hydrogens (tertiary/aromatic N) is 2. The monoisotopic (exact) mass is 227 g/mol. The van der Waals surface area contributed by atoms with E-state index >= 15 is 0 Å². The molecule has 0 atom stereocenters. The summed E-state index contributed by atoms with van der Waals surface area (Å²) < 4.78 is 4.81. The maximum atomic E-state index is 11.7. The molecule has 0 bridgehead atoms. The molecule has 2 rings (SSSR count). The van der Waals surface area contributed by atoms with Gasteiger partial charge in [-0.2, -0.15) is 5.26 Å². The van der Waals surface area contributed by atoms with Crippen LogP contribution < -0.4 is 5.32 Å². The van der Waals surface area contributed by atoms with Crippen molar-refractivity contribution in [1.29, 1.82) is 5.26 Å². The minimum Gasteiger partial charge on any atom is -0.361 e. The summed E-state index contributed by atoms with van der Waals surface area (Å²) in [5.74, 6) is 0.206. The van der Waals surface area contributed by atoms with Crippen molar-refractivity contribution in [2.24, 2.45) is 0 Å². The van der Waals surface area contributed by atoms with E-state index in [0.29, 0.717) is 17.0 Å². The number of carbonyl (C=O) groups excluding carboxylic acids is 1.